The maximum absolute atomic E-state index is 11.8. The van der Waals surface area contributed by atoms with Crippen LogP contribution in [0.15, 0.2) is 24.3 Å². The zero-order valence-electron chi connectivity index (χ0n) is 11.0. The van der Waals surface area contributed by atoms with Gasteiger partial charge in [0.15, 0.2) is 0 Å². The van der Waals surface area contributed by atoms with Crippen LogP contribution in [0.3, 0.4) is 0 Å². The number of nitro benzene ring substituents is 1. The standard InChI is InChI=1S/C11H14N4O4S/c1-3-14(8-16)20-13(2)11(17)12-9-4-6-10(7-5-9)15(18)19/h4-8H,3H2,1-2H3,(H,12,17). The van der Waals surface area contributed by atoms with Crippen molar-refractivity contribution in [1.29, 1.82) is 0 Å². The Morgan fingerprint density at radius 3 is 2.50 bits per heavy atom. The van der Waals surface area contributed by atoms with Crippen molar-refractivity contribution in [1.82, 2.24) is 8.61 Å². The Balaban J connectivity index is 2.61. The van der Waals surface area contributed by atoms with Crippen molar-refractivity contribution >= 4 is 35.9 Å². The first-order chi connectivity index (χ1) is 9.47. The molecule has 0 heterocycles. The molecule has 0 aliphatic heterocycles. The maximum Gasteiger partial charge on any atom is 0.332 e. The summed E-state index contributed by atoms with van der Waals surface area (Å²) >= 11 is 0.958. The molecule has 8 nitrogen and oxygen atoms in total. The van der Waals surface area contributed by atoms with Gasteiger partial charge in [-0.2, -0.15) is 0 Å². The largest absolute Gasteiger partial charge is 0.332 e. The Kier molecular flexibility index (Phi) is 5.78. The first kappa shape index (κ1) is 15.8. The van der Waals surface area contributed by atoms with Crippen molar-refractivity contribution in [3.05, 3.63) is 34.4 Å². The van der Waals surface area contributed by atoms with E-state index in [1.165, 1.54) is 39.9 Å². The summed E-state index contributed by atoms with van der Waals surface area (Å²) in [7, 11) is 1.51. The molecule has 0 aromatic heterocycles. The minimum Gasteiger partial charge on any atom is -0.307 e. The average molecular weight is 298 g/mol. The molecule has 0 spiro atoms. The first-order valence-corrected chi connectivity index (χ1v) is 6.40. The molecule has 0 unspecified atom stereocenters. The van der Waals surface area contributed by atoms with Crippen LogP contribution in [-0.4, -0.2) is 39.6 Å². The van der Waals surface area contributed by atoms with Crippen LogP contribution in [0.4, 0.5) is 16.2 Å². The highest BCUT2D eigenvalue weighted by Crippen LogP contribution is 2.17. The average Bonchev–Trinajstić information content (AvgIpc) is 2.44. The second kappa shape index (κ2) is 7.34. The second-order valence-electron chi connectivity index (χ2n) is 3.65. The zero-order chi connectivity index (χ0) is 15.1. The predicted molar refractivity (Wildman–Crippen MR) is 75.9 cm³/mol. The van der Waals surface area contributed by atoms with E-state index in [1.54, 1.807) is 6.92 Å². The van der Waals surface area contributed by atoms with Gasteiger partial charge in [-0.3, -0.25) is 23.5 Å². The van der Waals surface area contributed by atoms with E-state index in [1.807, 2.05) is 0 Å². The number of anilines is 1. The fourth-order valence-corrected chi connectivity index (χ4v) is 1.80. The Morgan fingerprint density at radius 1 is 1.45 bits per heavy atom. The van der Waals surface area contributed by atoms with Crippen LogP contribution in [0.25, 0.3) is 0 Å². The van der Waals surface area contributed by atoms with Crippen molar-refractivity contribution < 1.29 is 14.5 Å². The van der Waals surface area contributed by atoms with Gasteiger partial charge in [0.05, 0.1) is 17.1 Å². The highest BCUT2D eigenvalue weighted by atomic mass is 32.2. The van der Waals surface area contributed by atoms with Gasteiger partial charge in [0.2, 0.25) is 6.41 Å². The van der Waals surface area contributed by atoms with Crippen molar-refractivity contribution in [2.75, 3.05) is 18.9 Å². The van der Waals surface area contributed by atoms with E-state index in [0.29, 0.717) is 18.6 Å². The van der Waals surface area contributed by atoms with E-state index in [4.69, 9.17) is 0 Å². The number of nitrogens with one attached hydrogen (secondary N) is 1. The molecule has 0 fully saturated rings. The summed E-state index contributed by atoms with van der Waals surface area (Å²) in [5.74, 6) is 0. The molecule has 1 aromatic rings. The Bertz CT molecular complexity index is 494. The highest BCUT2D eigenvalue weighted by Gasteiger charge is 2.13. The van der Waals surface area contributed by atoms with Crippen molar-refractivity contribution in [3.63, 3.8) is 0 Å². The molecule has 3 amide bonds. The minimum absolute atomic E-state index is 0.0520. The number of non-ortho nitro benzene ring substituents is 1. The summed E-state index contributed by atoms with van der Waals surface area (Å²) in [6.45, 7) is 2.24. The van der Waals surface area contributed by atoms with E-state index in [-0.39, 0.29) is 5.69 Å². The van der Waals surface area contributed by atoms with Gasteiger partial charge in [0.25, 0.3) is 5.69 Å². The fraction of sp³-hybridized carbons (Fsp3) is 0.273. The van der Waals surface area contributed by atoms with Gasteiger partial charge in [0, 0.05) is 31.4 Å². The van der Waals surface area contributed by atoms with Gasteiger partial charge in [-0.1, -0.05) is 0 Å². The second-order valence-corrected chi connectivity index (χ2v) is 4.83. The number of benzene rings is 1. The minimum atomic E-state index is -0.517. The first-order valence-electron chi connectivity index (χ1n) is 5.67. The molecule has 0 aliphatic carbocycles. The quantitative estimate of drug-likeness (QED) is 0.375. The third-order valence-electron chi connectivity index (χ3n) is 2.27. The molecule has 0 bridgehead atoms. The summed E-state index contributed by atoms with van der Waals surface area (Å²) < 4.78 is 2.59. The van der Waals surface area contributed by atoms with Crippen LogP contribution in [-0.2, 0) is 4.79 Å². The molecule has 108 valence electrons. The number of rotatable bonds is 6. The Hall–Kier alpha value is -2.29. The number of amides is 3. The lowest BCUT2D eigenvalue weighted by atomic mass is 10.3. The summed E-state index contributed by atoms with van der Waals surface area (Å²) in [4.78, 5) is 32.4. The van der Waals surface area contributed by atoms with E-state index in [0.717, 1.165) is 12.1 Å². The SMILES string of the molecule is CCN(C=O)SN(C)C(=O)Nc1ccc([N+](=O)[O-])cc1. The molecule has 0 saturated heterocycles. The lowest BCUT2D eigenvalue weighted by Gasteiger charge is -2.21. The molecular formula is C11H14N4O4S. The summed E-state index contributed by atoms with van der Waals surface area (Å²) in [6, 6.07) is 5.03. The maximum atomic E-state index is 11.8. The number of nitro groups is 1. The van der Waals surface area contributed by atoms with Crippen LogP contribution < -0.4 is 5.32 Å². The van der Waals surface area contributed by atoms with Crippen LogP contribution in [0.5, 0.6) is 0 Å². The summed E-state index contributed by atoms with van der Waals surface area (Å²) in [5.41, 5.74) is 0.381. The van der Waals surface area contributed by atoms with Gasteiger partial charge in [0.1, 0.15) is 0 Å². The molecule has 0 atom stereocenters. The summed E-state index contributed by atoms with van der Waals surface area (Å²) in [6.07, 6.45) is 0.625. The normalized spacial score (nSPS) is 9.70. The van der Waals surface area contributed by atoms with E-state index in [9.17, 15) is 19.7 Å². The van der Waals surface area contributed by atoms with Gasteiger partial charge >= 0.3 is 6.03 Å². The Morgan fingerprint density at radius 2 is 2.05 bits per heavy atom. The van der Waals surface area contributed by atoms with Crippen molar-refractivity contribution in [2.45, 2.75) is 6.92 Å². The van der Waals surface area contributed by atoms with Gasteiger partial charge in [-0.05, 0) is 19.1 Å². The molecule has 0 aliphatic rings. The zero-order valence-corrected chi connectivity index (χ0v) is 11.8. The summed E-state index contributed by atoms with van der Waals surface area (Å²) in [5, 5.41) is 13.1. The Labute approximate surface area is 120 Å². The molecule has 0 radical (unpaired) electrons. The fourth-order valence-electron chi connectivity index (χ4n) is 1.21. The number of hydrogen-bond acceptors (Lipinski definition) is 5. The number of carbonyl (C=O) groups is 2. The third kappa shape index (κ3) is 4.43. The van der Waals surface area contributed by atoms with Gasteiger partial charge in [-0.15, -0.1) is 0 Å². The lowest BCUT2D eigenvalue weighted by Crippen LogP contribution is -2.30. The number of nitrogens with zero attached hydrogens (tertiary/aromatic N) is 3. The smallest absolute Gasteiger partial charge is 0.307 e. The van der Waals surface area contributed by atoms with Gasteiger partial charge < -0.3 is 5.32 Å². The molecule has 1 aromatic carbocycles. The van der Waals surface area contributed by atoms with E-state index in [2.05, 4.69) is 5.32 Å². The van der Waals surface area contributed by atoms with Crippen molar-refractivity contribution in [2.24, 2.45) is 0 Å². The molecule has 9 heteroatoms. The van der Waals surface area contributed by atoms with Crippen LogP contribution in [0.1, 0.15) is 6.92 Å². The highest BCUT2D eigenvalue weighted by molar-refractivity contribution is 7.95. The molecule has 20 heavy (non-hydrogen) atoms. The lowest BCUT2D eigenvalue weighted by molar-refractivity contribution is -0.384. The molecule has 1 rings (SSSR count). The topological polar surface area (TPSA) is 95.8 Å². The third-order valence-corrected chi connectivity index (χ3v) is 3.24. The monoisotopic (exact) mass is 298 g/mol. The van der Waals surface area contributed by atoms with Crippen LogP contribution in [0.2, 0.25) is 0 Å². The van der Waals surface area contributed by atoms with Crippen molar-refractivity contribution in [3.8, 4) is 0 Å². The number of hydrogen-bond donors (Lipinski definition) is 1. The molecular weight excluding hydrogens is 284 g/mol. The number of urea groups is 1. The molecule has 0 saturated carbocycles. The number of carbonyl (C=O) groups excluding carboxylic acids is 2. The predicted octanol–water partition coefficient (Wildman–Crippen LogP) is 2.10. The van der Waals surface area contributed by atoms with Crippen LogP contribution >= 0.6 is 12.1 Å². The van der Waals surface area contributed by atoms with Gasteiger partial charge in [-0.25, -0.2) is 4.79 Å². The van der Waals surface area contributed by atoms with E-state index < -0.39 is 11.0 Å². The van der Waals surface area contributed by atoms with E-state index >= 15 is 0 Å². The van der Waals surface area contributed by atoms with Crippen LogP contribution in [0, 0.1) is 10.1 Å². The molecule has 1 N–H and O–H groups in total.